The Labute approximate surface area is 128 Å². The van der Waals surface area contributed by atoms with Crippen LogP contribution in [-0.2, 0) is 22.6 Å². The van der Waals surface area contributed by atoms with Crippen LogP contribution in [0, 0.1) is 13.8 Å². The lowest BCUT2D eigenvalue weighted by atomic mass is 10.0. The highest BCUT2D eigenvalue weighted by atomic mass is 16.2. The molecule has 2 N–H and O–H groups in total. The zero-order valence-electron chi connectivity index (χ0n) is 12.6. The Balaban J connectivity index is 1.69. The molecule has 0 unspecified atom stereocenters. The van der Waals surface area contributed by atoms with Crippen LogP contribution < -0.4 is 10.6 Å². The zero-order valence-corrected chi connectivity index (χ0v) is 12.6. The summed E-state index contributed by atoms with van der Waals surface area (Å²) in [6.07, 6.45) is 1.18. The van der Waals surface area contributed by atoms with Gasteiger partial charge in [-0.1, -0.05) is 0 Å². The molecule has 1 aromatic heterocycles. The van der Waals surface area contributed by atoms with Crippen molar-refractivity contribution in [3.8, 4) is 0 Å². The molecule has 22 heavy (non-hydrogen) atoms. The highest BCUT2D eigenvalue weighted by Crippen LogP contribution is 2.25. The molecule has 6 nitrogen and oxygen atoms in total. The fourth-order valence-corrected chi connectivity index (χ4v) is 2.63. The quantitative estimate of drug-likeness (QED) is 0.910. The minimum Gasteiger partial charge on any atom is -0.326 e. The Bertz CT molecular complexity index is 749. The number of fused-ring (bicyclic) bond motifs is 1. The Morgan fingerprint density at radius 1 is 1.32 bits per heavy atom. The van der Waals surface area contributed by atoms with E-state index < -0.39 is 0 Å². The number of carbonyl (C=O) groups excluding carboxylic acids is 2. The van der Waals surface area contributed by atoms with Crippen LogP contribution in [0.1, 0.15) is 23.4 Å². The van der Waals surface area contributed by atoms with Gasteiger partial charge in [-0.2, -0.15) is 5.10 Å². The lowest BCUT2D eigenvalue weighted by Gasteiger charge is -2.17. The topological polar surface area (TPSA) is 76.0 Å². The molecular formula is C16H18N4O2. The predicted molar refractivity (Wildman–Crippen MR) is 83.7 cm³/mol. The standard InChI is InChI=1S/C16H18N4O2/c1-10-7-11(2)20(19-10)9-16(22)17-13-4-5-14-12(8-13)3-6-15(21)18-14/h4-5,7-8H,3,6,9H2,1-2H3,(H,17,22)(H,18,21). The summed E-state index contributed by atoms with van der Waals surface area (Å²) in [5.74, 6) is -0.0835. The van der Waals surface area contributed by atoms with E-state index in [1.54, 1.807) is 10.7 Å². The number of anilines is 2. The minimum atomic E-state index is -0.119. The summed E-state index contributed by atoms with van der Waals surface area (Å²) < 4.78 is 1.68. The molecule has 2 aromatic rings. The van der Waals surface area contributed by atoms with Gasteiger partial charge < -0.3 is 10.6 Å². The number of aryl methyl sites for hydroxylation is 3. The fourth-order valence-electron chi connectivity index (χ4n) is 2.63. The monoisotopic (exact) mass is 298 g/mol. The van der Waals surface area contributed by atoms with Gasteiger partial charge in [0.2, 0.25) is 11.8 Å². The summed E-state index contributed by atoms with van der Waals surface area (Å²) >= 11 is 0. The Morgan fingerprint density at radius 3 is 2.86 bits per heavy atom. The molecule has 0 atom stereocenters. The van der Waals surface area contributed by atoms with Gasteiger partial charge in [0.25, 0.3) is 0 Å². The summed E-state index contributed by atoms with van der Waals surface area (Å²) in [6, 6.07) is 7.47. The second-order valence-corrected chi connectivity index (χ2v) is 5.55. The van der Waals surface area contributed by atoms with Crippen molar-refractivity contribution < 1.29 is 9.59 Å². The maximum absolute atomic E-state index is 12.1. The molecule has 1 aromatic carbocycles. The van der Waals surface area contributed by atoms with Gasteiger partial charge in [0, 0.05) is 23.5 Å². The Morgan fingerprint density at radius 2 is 2.14 bits per heavy atom. The maximum Gasteiger partial charge on any atom is 0.246 e. The lowest BCUT2D eigenvalue weighted by Crippen LogP contribution is -2.21. The van der Waals surface area contributed by atoms with E-state index in [2.05, 4.69) is 15.7 Å². The van der Waals surface area contributed by atoms with Crippen molar-refractivity contribution in [3.63, 3.8) is 0 Å². The molecular weight excluding hydrogens is 280 g/mol. The largest absolute Gasteiger partial charge is 0.326 e. The van der Waals surface area contributed by atoms with Crippen molar-refractivity contribution in [3.05, 3.63) is 41.2 Å². The average Bonchev–Trinajstić information content (AvgIpc) is 2.77. The van der Waals surface area contributed by atoms with E-state index >= 15 is 0 Å². The first-order chi connectivity index (χ1) is 10.5. The van der Waals surface area contributed by atoms with Crippen molar-refractivity contribution in [2.75, 3.05) is 10.6 Å². The molecule has 1 aliphatic heterocycles. The number of carbonyl (C=O) groups is 2. The average molecular weight is 298 g/mol. The number of nitrogens with zero attached hydrogens (tertiary/aromatic N) is 2. The molecule has 0 fully saturated rings. The predicted octanol–water partition coefficient (Wildman–Crippen LogP) is 2.02. The van der Waals surface area contributed by atoms with Crippen LogP contribution in [0.5, 0.6) is 0 Å². The first kappa shape index (κ1) is 14.3. The Kier molecular flexibility index (Phi) is 3.66. The smallest absolute Gasteiger partial charge is 0.246 e. The van der Waals surface area contributed by atoms with E-state index in [-0.39, 0.29) is 18.4 Å². The van der Waals surface area contributed by atoms with Gasteiger partial charge in [0.1, 0.15) is 6.54 Å². The summed E-state index contributed by atoms with van der Waals surface area (Å²) in [5, 5.41) is 9.98. The number of benzene rings is 1. The number of rotatable bonds is 3. The number of hydrogen-bond acceptors (Lipinski definition) is 3. The lowest BCUT2D eigenvalue weighted by molar-refractivity contribution is -0.117. The highest BCUT2D eigenvalue weighted by Gasteiger charge is 2.15. The van der Waals surface area contributed by atoms with Crippen molar-refractivity contribution in [1.29, 1.82) is 0 Å². The van der Waals surface area contributed by atoms with Crippen molar-refractivity contribution in [1.82, 2.24) is 9.78 Å². The molecule has 0 saturated heterocycles. The number of amides is 2. The third kappa shape index (κ3) is 3.00. The van der Waals surface area contributed by atoms with Crippen molar-refractivity contribution >= 4 is 23.2 Å². The molecule has 0 saturated carbocycles. The SMILES string of the molecule is Cc1cc(C)n(CC(=O)Nc2ccc3c(c2)CCC(=O)N3)n1. The minimum absolute atomic E-state index is 0.0359. The molecule has 2 heterocycles. The Hall–Kier alpha value is -2.63. The third-order valence-electron chi connectivity index (χ3n) is 3.68. The first-order valence-corrected chi connectivity index (χ1v) is 7.25. The highest BCUT2D eigenvalue weighted by molar-refractivity contribution is 5.95. The number of aromatic nitrogens is 2. The molecule has 0 aliphatic carbocycles. The van der Waals surface area contributed by atoms with Crippen molar-refractivity contribution in [2.24, 2.45) is 0 Å². The summed E-state index contributed by atoms with van der Waals surface area (Å²) in [6.45, 7) is 4.02. The number of hydrogen-bond donors (Lipinski definition) is 2. The summed E-state index contributed by atoms with van der Waals surface area (Å²) in [7, 11) is 0. The van der Waals surface area contributed by atoms with Crippen LogP contribution >= 0.6 is 0 Å². The van der Waals surface area contributed by atoms with Gasteiger partial charge >= 0.3 is 0 Å². The van der Waals surface area contributed by atoms with Gasteiger partial charge in [-0.05, 0) is 50.1 Å². The van der Waals surface area contributed by atoms with Crippen LogP contribution in [-0.4, -0.2) is 21.6 Å². The molecule has 1 aliphatic rings. The van der Waals surface area contributed by atoms with Crippen molar-refractivity contribution in [2.45, 2.75) is 33.2 Å². The maximum atomic E-state index is 12.1. The molecule has 6 heteroatoms. The molecule has 3 rings (SSSR count). The van der Waals surface area contributed by atoms with Crippen LogP contribution in [0.3, 0.4) is 0 Å². The van der Waals surface area contributed by atoms with Gasteiger partial charge in [0.05, 0.1) is 5.69 Å². The van der Waals surface area contributed by atoms with Gasteiger partial charge in [0.15, 0.2) is 0 Å². The van der Waals surface area contributed by atoms with E-state index in [1.807, 2.05) is 32.0 Å². The molecule has 0 bridgehead atoms. The van der Waals surface area contributed by atoms with Crippen LogP contribution in [0.25, 0.3) is 0 Å². The van der Waals surface area contributed by atoms with Gasteiger partial charge in [-0.15, -0.1) is 0 Å². The van der Waals surface area contributed by atoms with E-state index in [9.17, 15) is 9.59 Å². The summed E-state index contributed by atoms with van der Waals surface area (Å²) in [5.41, 5.74) is 4.47. The van der Waals surface area contributed by atoms with Crippen LogP contribution in [0.2, 0.25) is 0 Å². The third-order valence-corrected chi connectivity index (χ3v) is 3.68. The molecule has 0 radical (unpaired) electrons. The second kappa shape index (κ2) is 5.63. The van der Waals surface area contributed by atoms with Crippen LogP contribution in [0.4, 0.5) is 11.4 Å². The normalized spacial score (nSPS) is 13.5. The number of nitrogens with one attached hydrogen (secondary N) is 2. The zero-order chi connectivity index (χ0) is 15.7. The first-order valence-electron chi connectivity index (χ1n) is 7.25. The molecule has 0 spiro atoms. The molecule has 2 amide bonds. The summed E-state index contributed by atoms with van der Waals surface area (Å²) in [4.78, 5) is 23.5. The fraction of sp³-hybridized carbons (Fsp3) is 0.312. The van der Waals surface area contributed by atoms with E-state index in [0.29, 0.717) is 12.8 Å². The van der Waals surface area contributed by atoms with E-state index in [1.165, 1.54) is 0 Å². The van der Waals surface area contributed by atoms with E-state index in [0.717, 1.165) is 28.3 Å². The van der Waals surface area contributed by atoms with Gasteiger partial charge in [-0.25, -0.2) is 0 Å². The molecule has 114 valence electrons. The van der Waals surface area contributed by atoms with Crippen LogP contribution in [0.15, 0.2) is 24.3 Å². The van der Waals surface area contributed by atoms with E-state index in [4.69, 9.17) is 0 Å². The second-order valence-electron chi connectivity index (χ2n) is 5.55. The van der Waals surface area contributed by atoms with Gasteiger partial charge in [-0.3, -0.25) is 14.3 Å².